The van der Waals surface area contributed by atoms with Gasteiger partial charge < -0.3 is 4.42 Å². The molecule has 3 rings (SSSR count). The highest BCUT2D eigenvalue weighted by Crippen LogP contribution is 2.18. The van der Waals surface area contributed by atoms with Crippen molar-refractivity contribution in [3.63, 3.8) is 0 Å². The minimum atomic E-state index is -0.407. The summed E-state index contributed by atoms with van der Waals surface area (Å²) >= 11 is 0. The fourth-order valence-corrected chi connectivity index (χ4v) is 1.73. The van der Waals surface area contributed by atoms with Gasteiger partial charge >= 0.3 is 6.01 Å². The van der Waals surface area contributed by atoms with Crippen molar-refractivity contribution in [2.75, 3.05) is 5.32 Å². The summed E-state index contributed by atoms with van der Waals surface area (Å²) in [6.45, 7) is 0. The van der Waals surface area contributed by atoms with Crippen molar-refractivity contribution >= 4 is 23.0 Å². The number of rotatable bonds is 2. The van der Waals surface area contributed by atoms with Crippen LogP contribution in [0.25, 0.3) is 11.1 Å². The second-order valence-corrected chi connectivity index (χ2v) is 3.98. The Morgan fingerprint density at radius 3 is 2.95 bits per heavy atom. The molecule has 0 saturated heterocycles. The second kappa shape index (κ2) is 4.82. The van der Waals surface area contributed by atoms with Crippen LogP contribution in [-0.4, -0.2) is 15.9 Å². The van der Waals surface area contributed by atoms with Crippen LogP contribution in [0.2, 0.25) is 0 Å². The van der Waals surface area contributed by atoms with Crippen molar-refractivity contribution in [2.24, 2.45) is 0 Å². The first-order valence-corrected chi connectivity index (χ1v) is 5.79. The fourth-order valence-electron chi connectivity index (χ4n) is 1.73. The topological polar surface area (TPSA) is 91.8 Å². The van der Waals surface area contributed by atoms with Gasteiger partial charge in [-0.15, -0.1) is 0 Å². The van der Waals surface area contributed by atoms with Crippen LogP contribution in [0.15, 0.2) is 47.0 Å². The number of pyridine rings is 1. The summed E-state index contributed by atoms with van der Waals surface area (Å²) < 4.78 is 5.39. The maximum absolute atomic E-state index is 12.0. The Morgan fingerprint density at radius 2 is 2.15 bits per heavy atom. The van der Waals surface area contributed by atoms with Crippen molar-refractivity contribution in [2.45, 2.75) is 0 Å². The van der Waals surface area contributed by atoms with Gasteiger partial charge in [-0.1, -0.05) is 12.1 Å². The summed E-state index contributed by atoms with van der Waals surface area (Å²) in [6.07, 6.45) is 1.40. The molecule has 6 heteroatoms. The van der Waals surface area contributed by atoms with Crippen LogP contribution in [0.3, 0.4) is 0 Å². The van der Waals surface area contributed by atoms with Crippen LogP contribution in [0.5, 0.6) is 0 Å². The predicted molar refractivity (Wildman–Crippen MR) is 70.9 cm³/mol. The normalized spacial score (nSPS) is 10.2. The van der Waals surface area contributed by atoms with Crippen LogP contribution in [0.4, 0.5) is 6.01 Å². The van der Waals surface area contributed by atoms with Crippen LogP contribution >= 0.6 is 0 Å². The number of amides is 1. The molecule has 0 fully saturated rings. The lowest BCUT2D eigenvalue weighted by Crippen LogP contribution is -2.12. The molecule has 0 atom stereocenters. The van der Waals surface area contributed by atoms with E-state index >= 15 is 0 Å². The highest BCUT2D eigenvalue weighted by molar-refractivity contribution is 6.03. The number of fused-ring (bicyclic) bond motifs is 1. The molecule has 0 aliphatic rings. The third-order valence-electron chi connectivity index (χ3n) is 2.65. The molecule has 0 bridgehead atoms. The van der Waals surface area contributed by atoms with Crippen molar-refractivity contribution in [1.29, 1.82) is 5.26 Å². The Hall–Kier alpha value is -3.20. The highest BCUT2D eigenvalue weighted by Gasteiger charge is 2.11. The van der Waals surface area contributed by atoms with Crippen LogP contribution < -0.4 is 5.32 Å². The molecule has 96 valence electrons. The smallest absolute Gasteiger partial charge is 0.302 e. The first kappa shape index (κ1) is 11.9. The van der Waals surface area contributed by atoms with Crippen molar-refractivity contribution in [3.05, 3.63) is 53.9 Å². The fraction of sp³-hybridized carbons (Fsp3) is 0. The molecule has 2 heterocycles. The predicted octanol–water partition coefficient (Wildman–Crippen LogP) is 2.35. The number of hydrogen-bond donors (Lipinski definition) is 1. The molecule has 0 spiro atoms. The van der Waals surface area contributed by atoms with Gasteiger partial charge in [-0.2, -0.15) is 10.2 Å². The van der Waals surface area contributed by atoms with Crippen LogP contribution in [0, 0.1) is 11.3 Å². The molecule has 1 N–H and O–H groups in total. The zero-order valence-electron chi connectivity index (χ0n) is 10.2. The minimum Gasteiger partial charge on any atom is -0.423 e. The molecule has 3 aromatic rings. The molecule has 1 aromatic carbocycles. The third kappa shape index (κ3) is 2.20. The molecule has 20 heavy (non-hydrogen) atoms. The Balaban J connectivity index is 1.86. The summed E-state index contributed by atoms with van der Waals surface area (Å²) in [5, 5.41) is 11.3. The number of carbonyl (C=O) groups is 1. The zero-order valence-corrected chi connectivity index (χ0v) is 10.2. The van der Waals surface area contributed by atoms with Crippen molar-refractivity contribution in [1.82, 2.24) is 9.97 Å². The number of nitriles is 1. The number of aromatic nitrogens is 2. The molecule has 2 aromatic heterocycles. The second-order valence-electron chi connectivity index (χ2n) is 3.98. The first-order valence-electron chi connectivity index (χ1n) is 5.79. The third-order valence-corrected chi connectivity index (χ3v) is 2.65. The lowest BCUT2D eigenvalue weighted by Gasteiger charge is -2.00. The Labute approximate surface area is 113 Å². The van der Waals surface area contributed by atoms with E-state index in [0.717, 1.165) is 0 Å². The lowest BCUT2D eigenvalue weighted by molar-refractivity contribution is 0.102. The van der Waals surface area contributed by atoms with E-state index in [0.29, 0.717) is 16.7 Å². The van der Waals surface area contributed by atoms with Crippen LogP contribution in [0.1, 0.15) is 16.1 Å². The highest BCUT2D eigenvalue weighted by atomic mass is 16.4. The van der Waals surface area contributed by atoms with E-state index in [-0.39, 0.29) is 11.7 Å². The average Bonchev–Trinajstić information content (AvgIpc) is 2.89. The molecule has 1 amide bonds. The van der Waals surface area contributed by atoms with Crippen molar-refractivity contribution in [3.8, 4) is 6.07 Å². The van der Waals surface area contributed by atoms with Gasteiger partial charge in [0.2, 0.25) is 0 Å². The van der Waals surface area contributed by atoms with Gasteiger partial charge in [0, 0.05) is 11.8 Å². The number of nitrogens with one attached hydrogen (secondary N) is 1. The molecule has 0 unspecified atom stereocenters. The Bertz CT molecular complexity index is 799. The SMILES string of the molecule is N#Cc1cc(C(=O)Nc2nc3ccccc3o2)ccn1. The van der Waals surface area contributed by atoms with Gasteiger partial charge in [0.1, 0.15) is 17.3 Å². The molecule has 0 radical (unpaired) electrons. The monoisotopic (exact) mass is 264 g/mol. The number of carbonyl (C=O) groups excluding carboxylic acids is 1. The van der Waals surface area contributed by atoms with Gasteiger partial charge in [-0.3, -0.25) is 10.1 Å². The van der Waals surface area contributed by atoms with E-state index in [9.17, 15) is 4.79 Å². The number of oxazole rings is 1. The molecular formula is C14H8N4O2. The maximum atomic E-state index is 12.0. The van der Waals surface area contributed by atoms with Gasteiger partial charge in [0.25, 0.3) is 5.91 Å². The summed E-state index contributed by atoms with van der Waals surface area (Å²) in [7, 11) is 0. The maximum Gasteiger partial charge on any atom is 0.302 e. The molecular weight excluding hydrogens is 256 g/mol. The number of hydrogen-bond acceptors (Lipinski definition) is 5. The average molecular weight is 264 g/mol. The summed E-state index contributed by atoms with van der Waals surface area (Å²) in [5.74, 6) is -0.407. The van der Waals surface area contributed by atoms with Crippen LogP contribution in [-0.2, 0) is 0 Å². The van der Waals surface area contributed by atoms with E-state index in [4.69, 9.17) is 9.68 Å². The van der Waals surface area contributed by atoms with E-state index in [1.165, 1.54) is 18.3 Å². The van der Waals surface area contributed by atoms with E-state index in [1.807, 2.05) is 18.2 Å². The summed E-state index contributed by atoms with van der Waals surface area (Å²) in [6, 6.07) is 12.1. The number of para-hydroxylation sites is 2. The Kier molecular flexibility index (Phi) is 2.86. The van der Waals surface area contributed by atoms with Crippen molar-refractivity contribution < 1.29 is 9.21 Å². The number of benzene rings is 1. The van der Waals surface area contributed by atoms with E-state index < -0.39 is 5.91 Å². The molecule has 0 saturated carbocycles. The number of anilines is 1. The van der Waals surface area contributed by atoms with Gasteiger partial charge in [0.15, 0.2) is 5.58 Å². The van der Waals surface area contributed by atoms with E-state index in [2.05, 4.69) is 15.3 Å². The standard InChI is InChI=1S/C14H8N4O2/c15-8-10-7-9(5-6-16-10)13(19)18-14-17-11-3-1-2-4-12(11)20-14/h1-7H,(H,17,18,19). The summed E-state index contributed by atoms with van der Waals surface area (Å²) in [4.78, 5) is 20.0. The Morgan fingerprint density at radius 1 is 1.30 bits per heavy atom. The quantitative estimate of drug-likeness (QED) is 0.767. The molecule has 0 aliphatic heterocycles. The van der Waals surface area contributed by atoms with Gasteiger partial charge in [-0.05, 0) is 24.3 Å². The minimum absolute atomic E-state index is 0.117. The largest absolute Gasteiger partial charge is 0.423 e. The molecule has 0 aliphatic carbocycles. The van der Waals surface area contributed by atoms with E-state index in [1.54, 1.807) is 12.1 Å². The first-order chi connectivity index (χ1) is 9.76. The lowest BCUT2D eigenvalue weighted by atomic mass is 10.2. The number of nitrogens with zero attached hydrogens (tertiary/aromatic N) is 3. The van der Waals surface area contributed by atoms with Gasteiger partial charge in [-0.25, -0.2) is 4.98 Å². The van der Waals surface area contributed by atoms with Gasteiger partial charge in [0.05, 0.1) is 0 Å². The molecule has 6 nitrogen and oxygen atoms in total. The summed E-state index contributed by atoms with van der Waals surface area (Å²) in [5.41, 5.74) is 1.75. The zero-order chi connectivity index (χ0) is 13.9.